The van der Waals surface area contributed by atoms with Crippen molar-refractivity contribution in [1.82, 2.24) is 5.32 Å². The van der Waals surface area contributed by atoms with E-state index in [1.807, 2.05) is 6.26 Å². The number of benzene rings is 2. The van der Waals surface area contributed by atoms with Crippen LogP contribution in [0.1, 0.15) is 5.56 Å². The van der Waals surface area contributed by atoms with Crippen molar-refractivity contribution in [2.75, 3.05) is 19.4 Å². The van der Waals surface area contributed by atoms with Crippen molar-refractivity contribution < 1.29 is 14.2 Å². The van der Waals surface area contributed by atoms with Crippen LogP contribution in [0, 0.1) is 5.82 Å². The lowest BCUT2D eigenvalue weighted by Crippen LogP contribution is -2.31. The molecule has 0 saturated carbocycles. The van der Waals surface area contributed by atoms with E-state index in [0.29, 0.717) is 18.8 Å². The van der Waals surface area contributed by atoms with Gasteiger partial charge < -0.3 is 15.2 Å². The van der Waals surface area contributed by atoms with Crippen molar-refractivity contribution in [3.8, 4) is 5.75 Å². The molecule has 2 N–H and O–H groups in total. The Hall–Kier alpha value is -1.56. The molecule has 5 heteroatoms. The van der Waals surface area contributed by atoms with Gasteiger partial charge in [-0.15, -0.1) is 11.8 Å². The summed E-state index contributed by atoms with van der Waals surface area (Å²) in [6.45, 7) is 1.30. The molecule has 1 unspecified atom stereocenters. The minimum absolute atomic E-state index is 0.171. The van der Waals surface area contributed by atoms with Gasteiger partial charge in [0.1, 0.15) is 24.3 Å². The predicted molar refractivity (Wildman–Crippen MR) is 87.8 cm³/mol. The van der Waals surface area contributed by atoms with Gasteiger partial charge in [0.2, 0.25) is 0 Å². The number of aliphatic hydroxyl groups excluding tert-OH is 1. The van der Waals surface area contributed by atoms with Crippen LogP contribution in [0.25, 0.3) is 0 Å². The molecule has 22 heavy (non-hydrogen) atoms. The quantitative estimate of drug-likeness (QED) is 0.733. The normalized spacial score (nSPS) is 12.1. The Balaban J connectivity index is 1.66. The Morgan fingerprint density at radius 1 is 1.14 bits per heavy atom. The van der Waals surface area contributed by atoms with Gasteiger partial charge in [-0.2, -0.15) is 0 Å². The summed E-state index contributed by atoms with van der Waals surface area (Å²) in [5.74, 6) is 0.246. The number of halogens is 1. The summed E-state index contributed by atoms with van der Waals surface area (Å²) < 4.78 is 18.1. The molecule has 1 atom stereocenters. The molecule has 0 aromatic heterocycles. The topological polar surface area (TPSA) is 41.5 Å². The molecular weight excluding hydrogens is 301 g/mol. The number of rotatable bonds is 8. The van der Waals surface area contributed by atoms with Crippen LogP contribution in [0.15, 0.2) is 53.4 Å². The molecule has 0 spiro atoms. The lowest BCUT2D eigenvalue weighted by molar-refractivity contribution is 0.106. The molecule has 0 bridgehead atoms. The van der Waals surface area contributed by atoms with Crippen LogP contribution in [0.5, 0.6) is 5.75 Å². The van der Waals surface area contributed by atoms with Crippen LogP contribution in [-0.2, 0) is 6.54 Å². The van der Waals surface area contributed by atoms with E-state index in [9.17, 15) is 9.50 Å². The first-order chi connectivity index (χ1) is 10.7. The molecule has 0 aliphatic heterocycles. The third-order valence-corrected chi connectivity index (χ3v) is 3.87. The maximum atomic E-state index is 12.7. The van der Waals surface area contributed by atoms with Crippen molar-refractivity contribution in [3.63, 3.8) is 0 Å². The Kier molecular flexibility index (Phi) is 6.71. The lowest BCUT2D eigenvalue weighted by Gasteiger charge is -2.13. The molecule has 0 amide bonds. The largest absolute Gasteiger partial charge is 0.491 e. The summed E-state index contributed by atoms with van der Waals surface area (Å²) in [6.07, 6.45) is 1.43. The number of aliphatic hydroxyl groups is 1. The third-order valence-electron chi connectivity index (χ3n) is 3.12. The maximum Gasteiger partial charge on any atom is 0.123 e. The van der Waals surface area contributed by atoms with E-state index in [0.717, 1.165) is 0 Å². The number of hydrogen-bond donors (Lipinski definition) is 2. The summed E-state index contributed by atoms with van der Waals surface area (Å²) in [7, 11) is 0. The Morgan fingerprint density at radius 3 is 2.45 bits per heavy atom. The van der Waals surface area contributed by atoms with Crippen molar-refractivity contribution in [3.05, 3.63) is 59.9 Å². The monoisotopic (exact) mass is 321 g/mol. The minimum Gasteiger partial charge on any atom is -0.491 e. The third kappa shape index (κ3) is 5.67. The summed E-state index contributed by atoms with van der Waals surface area (Å²) in [5, 5.41) is 13.0. The van der Waals surface area contributed by atoms with Crippen LogP contribution in [-0.4, -0.2) is 30.6 Å². The molecule has 3 nitrogen and oxygen atoms in total. The SMILES string of the molecule is CSc1ccc(CNCC(O)COc2ccc(F)cc2)cc1. The van der Waals surface area contributed by atoms with Crippen LogP contribution in [0.3, 0.4) is 0 Å². The zero-order valence-corrected chi connectivity index (χ0v) is 13.3. The first kappa shape index (κ1) is 16.8. The molecule has 0 radical (unpaired) electrons. The number of thioether (sulfide) groups is 1. The van der Waals surface area contributed by atoms with Gasteiger partial charge in [-0.05, 0) is 48.2 Å². The highest BCUT2D eigenvalue weighted by atomic mass is 32.2. The van der Waals surface area contributed by atoms with E-state index in [1.54, 1.807) is 23.9 Å². The second kappa shape index (κ2) is 8.78. The van der Waals surface area contributed by atoms with E-state index in [1.165, 1.54) is 22.6 Å². The van der Waals surface area contributed by atoms with Gasteiger partial charge in [0.05, 0.1) is 0 Å². The Bertz CT molecular complexity index is 560. The fourth-order valence-electron chi connectivity index (χ4n) is 1.91. The summed E-state index contributed by atoms with van der Waals surface area (Å²) >= 11 is 1.71. The Labute approximate surface area is 134 Å². The van der Waals surface area contributed by atoms with E-state index in [-0.39, 0.29) is 12.4 Å². The highest BCUT2D eigenvalue weighted by Crippen LogP contribution is 2.14. The van der Waals surface area contributed by atoms with Crippen LogP contribution in [0.2, 0.25) is 0 Å². The second-order valence-corrected chi connectivity index (χ2v) is 5.78. The first-order valence-corrected chi connectivity index (χ1v) is 8.30. The number of hydrogen-bond acceptors (Lipinski definition) is 4. The van der Waals surface area contributed by atoms with Gasteiger partial charge in [-0.3, -0.25) is 0 Å². The molecular formula is C17H20FNO2S. The van der Waals surface area contributed by atoms with Gasteiger partial charge in [0.25, 0.3) is 0 Å². The van der Waals surface area contributed by atoms with Gasteiger partial charge in [-0.25, -0.2) is 4.39 Å². The fourth-order valence-corrected chi connectivity index (χ4v) is 2.32. The van der Waals surface area contributed by atoms with Crippen LogP contribution < -0.4 is 10.1 Å². The van der Waals surface area contributed by atoms with Crippen LogP contribution in [0.4, 0.5) is 4.39 Å². The average Bonchev–Trinajstić information content (AvgIpc) is 2.55. The summed E-state index contributed by atoms with van der Waals surface area (Å²) in [5.41, 5.74) is 1.17. The molecule has 118 valence electrons. The molecule has 2 rings (SSSR count). The van der Waals surface area contributed by atoms with E-state index in [4.69, 9.17) is 4.74 Å². The van der Waals surface area contributed by atoms with Gasteiger partial charge >= 0.3 is 0 Å². The average molecular weight is 321 g/mol. The molecule has 2 aromatic carbocycles. The number of nitrogens with one attached hydrogen (secondary N) is 1. The summed E-state index contributed by atoms with van der Waals surface area (Å²) in [4.78, 5) is 1.23. The van der Waals surface area contributed by atoms with E-state index in [2.05, 4.69) is 29.6 Å². The lowest BCUT2D eigenvalue weighted by atomic mass is 10.2. The van der Waals surface area contributed by atoms with Crippen molar-refractivity contribution >= 4 is 11.8 Å². The fraction of sp³-hybridized carbons (Fsp3) is 0.294. The van der Waals surface area contributed by atoms with Crippen LogP contribution >= 0.6 is 11.8 Å². The van der Waals surface area contributed by atoms with Gasteiger partial charge in [0, 0.05) is 18.0 Å². The molecule has 0 aliphatic carbocycles. The summed E-state index contributed by atoms with van der Waals surface area (Å²) in [6, 6.07) is 14.0. The van der Waals surface area contributed by atoms with Gasteiger partial charge in [-0.1, -0.05) is 12.1 Å². The van der Waals surface area contributed by atoms with E-state index >= 15 is 0 Å². The predicted octanol–water partition coefficient (Wildman–Crippen LogP) is 3.08. The maximum absolute atomic E-state index is 12.7. The van der Waals surface area contributed by atoms with Gasteiger partial charge in [0.15, 0.2) is 0 Å². The van der Waals surface area contributed by atoms with Crippen molar-refractivity contribution in [2.45, 2.75) is 17.5 Å². The second-order valence-electron chi connectivity index (χ2n) is 4.90. The molecule has 2 aromatic rings. The highest BCUT2D eigenvalue weighted by molar-refractivity contribution is 7.98. The molecule has 0 fully saturated rings. The first-order valence-electron chi connectivity index (χ1n) is 7.07. The highest BCUT2D eigenvalue weighted by Gasteiger charge is 2.05. The molecule has 0 aliphatic rings. The molecule has 0 heterocycles. The van der Waals surface area contributed by atoms with Crippen molar-refractivity contribution in [2.24, 2.45) is 0 Å². The smallest absolute Gasteiger partial charge is 0.123 e. The zero-order valence-electron chi connectivity index (χ0n) is 12.5. The zero-order chi connectivity index (χ0) is 15.8. The van der Waals surface area contributed by atoms with Crippen molar-refractivity contribution in [1.29, 1.82) is 0 Å². The Morgan fingerprint density at radius 2 is 1.82 bits per heavy atom. The minimum atomic E-state index is -0.615. The molecule has 0 saturated heterocycles. The van der Waals surface area contributed by atoms with E-state index < -0.39 is 6.10 Å². The standard InChI is InChI=1S/C17H20FNO2S/c1-22-17-8-2-13(3-9-17)10-19-11-15(20)12-21-16-6-4-14(18)5-7-16/h2-9,15,19-20H,10-12H2,1H3. The number of ether oxygens (including phenoxy) is 1.